The van der Waals surface area contributed by atoms with Gasteiger partial charge in [-0.25, -0.2) is 19.2 Å². The summed E-state index contributed by atoms with van der Waals surface area (Å²) in [6.45, 7) is 0.439. The molecule has 0 fully saturated rings. The molecule has 2 N–H and O–H groups in total. The minimum atomic E-state index is -4.82. The number of alkyl halides is 3. The van der Waals surface area contributed by atoms with Gasteiger partial charge >= 0.3 is 12.1 Å². The lowest BCUT2D eigenvalue weighted by Gasteiger charge is -2.10. The first kappa shape index (κ1) is 22.2. The molecule has 0 atom stereocenters. The molecule has 0 saturated carbocycles. The third-order valence-corrected chi connectivity index (χ3v) is 5.92. The maximum atomic E-state index is 14.3. The van der Waals surface area contributed by atoms with Crippen LogP contribution in [0.3, 0.4) is 0 Å². The van der Waals surface area contributed by atoms with Crippen molar-refractivity contribution in [3.8, 4) is 16.6 Å². The summed E-state index contributed by atoms with van der Waals surface area (Å²) in [7, 11) is 0. The molecule has 4 aromatic rings. The predicted octanol–water partition coefficient (Wildman–Crippen LogP) is 5.00. The predicted molar refractivity (Wildman–Crippen MR) is 112 cm³/mol. The number of carboxylic acids is 1. The smallest absolute Gasteiger partial charge is 0.418 e. The van der Waals surface area contributed by atoms with E-state index in [0.29, 0.717) is 22.2 Å². The second-order valence-corrected chi connectivity index (χ2v) is 7.89. The minimum absolute atomic E-state index is 0.0235. The van der Waals surface area contributed by atoms with E-state index in [2.05, 4.69) is 15.3 Å². The van der Waals surface area contributed by atoms with E-state index in [4.69, 9.17) is 5.11 Å². The number of rotatable bonds is 6. The number of hydrogen-bond acceptors (Lipinski definition) is 6. The highest BCUT2D eigenvalue weighted by Gasteiger charge is 2.37. The topological polar surface area (TPSA) is 104 Å². The Labute approximate surface area is 187 Å². The summed E-state index contributed by atoms with van der Waals surface area (Å²) in [6.07, 6.45) is -3.68. The SMILES string of the molecule is N#Cc1cc2cccc(F)c2n1CCNc1cc(-c2cc(C(F)(F)F)c(C(=O)O)s2)ncn1. The molecule has 1 aromatic carbocycles. The van der Waals surface area contributed by atoms with Crippen LogP contribution in [0.1, 0.15) is 20.9 Å². The van der Waals surface area contributed by atoms with Gasteiger partial charge in [-0.1, -0.05) is 12.1 Å². The maximum Gasteiger partial charge on any atom is 0.418 e. The van der Waals surface area contributed by atoms with Gasteiger partial charge in [-0.05, 0) is 18.2 Å². The van der Waals surface area contributed by atoms with Crippen LogP contribution in [0.5, 0.6) is 0 Å². The Kier molecular flexibility index (Phi) is 5.73. The van der Waals surface area contributed by atoms with Crippen molar-refractivity contribution in [1.29, 1.82) is 5.26 Å². The van der Waals surface area contributed by atoms with Gasteiger partial charge in [0.05, 0.1) is 21.7 Å². The van der Waals surface area contributed by atoms with Crippen molar-refractivity contribution in [3.63, 3.8) is 0 Å². The summed E-state index contributed by atoms with van der Waals surface area (Å²) in [5.74, 6) is -1.87. The van der Waals surface area contributed by atoms with Crippen LogP contribution in [0.4, 0.5) is 23.4 Å². The van der Waals surface area contributed by atoms with E-state index in [9.17, 15) is 27.6 Å². The van der Waals surface area contributed by atoms with Gasteiger partial charge in [0.2, 0.25) is 0 Å². The molecule has 168 valence electrons. The number of para-hydroxylation sites is 1. The van der Waals surface area contributed by atoms with E-state index in [1.165, 1.54) is 16.7 Å². The number of carbonyl (C=O) groups is 1. The van der Waals surface area contributed by atoms with Gasteiger partial charge in [-0.15, -0.1) is 11.3 Å². The van der Waals surface area contributed by atoms with E-state index in [-0.39, 0.29) is 35.2 Å². The van der Waals surface area contributed by atoms with Gasteiger partial charge in [0.15, 0.2) is 0 Å². The molecular formula is C21H13F4N5O2S. The molecule has 3 heterocycles. The number of anilines is 1. The zero-order valence-corrected chi connectivity index (χ0v) is 17.3. The summed E-state index contributed by atoms with van der Waals surface area (Å²) in [4.78, 5) is 18.4. The molecule has 0 bridgehead atoms. The van der Waals surface area contributed by atoms with Crippen LogP contribution >= 0.6 is 11.3 Å². The Balaban J connectivity index is 1.56. The van der Waals surface area contributed by atoms with Crippen molar-refractivity contribution >= 4 is 34.0 Å². The number of aromatic nitrogens is 3. The van der Waals surface area contributed by atoms with E-state index in [0.717, 1.165) is 12.4 Å². The van der Waals surface area contributed by atoms with Crippen LogP contribution in [0.15, 0.2) is 42.7 Å². The van der Waals surface area contributed by atoms with Crippen molar-refractivity contribution in [2.24, 2.45) is 0 Å². The monoisotopic (exact) mass is 475 g/mol. The second kappa shape index (κ2) is 8.51. The summed E-state index contributed by atoms with van der Waals surface area (Å²) in [5.41, 5.74) is -0.558. The number of nitrogens with one attached hydrogen (secondary N) is 1. The largest absolute Gasteiger partial charge is 0.477 e. The molecule has 0 radical (unpaired) electrons. The molecule has 3 aromatic heterocycles. The number of fused-ring (bicyclic) bond motifs is 1. The van der Waals surface area contributed by atoms with Crippen molar-refractivity contribution in [2.75, 3.05) is 11.9 Å². The Bertz CT molecular complexity index is 1400. The van der Waals surface area contributed by atoms with Crippen LogP contribution in [-0.4, -0.2) is 32.2 Å². The fourth-order valence-corrected chi connectivity index (χ4v) is 4.36. The molecule has 0 aliphatic heterocycles. The van der Waals surface area contributed by atoms with E-state index in [1.807, 2.05) is 6.07 Å². The van der Waals surface area contributed by atoms with Crippen LogP contribution in [0, 0.1) is 17.1 Å². The fraction of sp³-hybridized carbons (Fsp3) is 0.143. The summed E-state index contributed by atoms with van der Waals surface area (Å²) in [5, 5.41) is 22.0. The lowest BCUT2D eigenvalue weighted by molar-refractivity contribution is -0.137. The van der Waals surface area contributed by atoms with Gasteiger partial charge in [0, 0.05) is 24.5 Å². The third kappa shape index (κ3) is 4.35. The number of thiophene rings is 1. The van der Waals surface area contributed by atoms with Gasteiger partial charge < -0.3 is 15.0 Å². The van der Waals surface area contributed by atoms with E-state index in [1.54, 1.807) is 18.2 Å². The molecule has 7 nitrogen and oxygen atoms in total. The molecular weight excluding hydrogens is 462 g/mol. The van der Waals surface area contributed by atoms with Gasteiger partial charge in [0.25, 0.3) is 0 Å². The van der Waals surface area contributed by atoms with Crippen LogP contribution in [0.25, 0.3) is 21.5 Å². The minimum Gasteiger partial charge on any atom is -0.477 e. The lowest BCUT2D eigenvalue weighted by atomic mass is 10.2. The fourth-order valence-electron chi connectivity index (χ4n) is 3.37. The number of carboxylic acid groups (broad SMARTS) is 1. The molecule has 0 amide bonds. The zero-order chi connectivity index (χ0) is 23.8. The van der Waals surface area contributed by atoms with Crippen LogP contribution in [0.2, 0.25) is 0 Å². The average molecular weight is 475 g/mol. The Morgan fingerprint density at radius 2 is 2.03 bits per heavy atom. The van der Waals surface area contributed by atoms with E-state index >= 15 is 0 Å². The summed E-state index contributed by atoms with van der Waals surface area (Å²) >= 11 is 0.467. The highest BCUT2D eigenvalue weighted by molar-refractivity contribution is 7.17. The maximum absolute atomic E-state index is 14.3. The van der Waals surface area contributed by atoms with Crippen LogP contribution in [-0.2, 0) is 12.7 Å². The quantitative estimate of drug-likeness (QED) is 0.381. The zero-order valence-electron chi connectivity index (χ0n) is 16.5. The van der Waals surface area contributed by atoms with E-state index < -0.39 is 28.4 Å². The number of hydrogen-bond donors (Lipinski definition) is 2. The lowest BCUT2D eigenvalue weighted by Crippen LogP contribution is -2.13. The van der Waals surface area contributed by atoms with Crippen molar-refractivity contribution in [2.45, 2.75) is 12.7 Å². The summed E-state index contributed by atoms with van der Waals surface area (Å²) in [6, 6.07) is 10.3. The van der Waals surface area contributed by atoms with Crippen LogP contribution < -0.4 is 5.32 Å². The molecule has 0 aliphatic carbocycles. The molecule has 0 spiro atoms. The summed E-state index contributed by atoms with van der Waals surface area (Å²) < 4.78 is 55.3. The number of halogens is 4. The Morgan fingerprint density at radius 3 is 2.70 bits per heavy atom. The van der Waals surface area contributed by atoms with Crippen molar-refractivity contribution < 1.29 is 27.5 Å². The molecule has 4 rings (SSSR count). The number of nitriles is 1. The van der Waals surface area contributed by atoms with Crippen molar-refractivity contribution in [1.82, 2.24) is 14.5 Å². The normalized spacial score (nSPS) is 11.5. The highest BCUT2D eigenvalue weighted by Crippen LogP contribution is 2.40. The first-order chi connectivity index (χ1) is 15.7. The Hall–Kier alpha value is -3.98. The third-order valence-electron chi connectivity index (χ3n) is 4.78. The molecule has 33 heavy (non-hydrogen) atoms. The van der Waals surface area contributed by atoms with Gasteiger partial charge in [-0.3, -0.25) is 0 Å². The van der Waals surface area contributed by atoms with Crippen molar-refractivity contribution in [3.05, 3.63) is 64.7 Å². The number of nitrogens with zero attached hydrogens (tertiary/aromatic N) is 4. The first-order valence-corrected chi connectivity index (χ1v) is 10.2. The number of benzene rings is 1. The average Bonchev–Trinajstić information content (AvgIpc) is 3.37. The highest BCUT2D eigenvalue weighted by atomic mass is 32.1. The van der Waals surface area contributed by atoms with Gasteiger partial charge in [0.1, 0.15) is 34.6 Å². The second-order valence-electron chi connectivity index (χ2n) is 6.84. The molecule has 12 heteroatoms. The molecule has 0 unspecified atom stereocenters. The Morgan fingerprint density at radius 1 is 1.24 bits per heavy atom. The standard InChI is InChI=1S/C21H13F4N5O2S/c22-14-3-1-2-11-6-12(9-26)30(18(11)14)5-4-27-17-8-15(28-10-29-17)16-7-13(21(23,24)25)19(33-16)20(31)32/h1-3,6-8,10H,4-5H2,(H,31,32)(H,27,28,29). The molecule has 0 saturated heterocycles. The van der Waals surface area contributed by atoms with Gasteiger partial charge in [-0.2, -0.15) is 18.4 Å². The number of aromatic carboxylic acids is 1. The first-order valence-electron chi connectivity index (χ1n) is 9.37. The molecule has 0 aliphatic rings.